The van der Waals surface area contributed by atoms with Crippen molar-refractivity contribution in [2.75, 3.05) is 14.2 Å². The van der Waals surface area contributed by atoms with E-state index < -0.39 is 0 Å². The van der Waals surface area contributed by atoms with Crippen molar-refractivity contribution in [3.8, 4) is 11.5 Å². The van der Waals surface area contributed by atoms with Gasteiger partial charge in [0.1, 0.15) is 6.10 Å². The Morgan fingerprint density at radius 3 is 2.29 bits per heavy atom. The maximum Gasteiger partial charge on any atom is 0.161 e. The van der Waals surface area contributed by atoms with E-state index in [2.05, 4.69) is 6.92 Å². The van der Waals surface area contributed by atoms with Crippen molar-refractivity contribution in [1.29, 1.82) is 0 Å². The first kappa shape index (κ1) is 9.34. The summed E-state index contributed by atoms with van der Waals surface area (Å²) >= 11 is 0. The summed E-state index contributed by atoms with van der Waals surface area (Å²) in [5.41, 5.74) is 1.15. The van der Waals surface area contributed by atoms with Gasteiger partial charge < -0.3 is 14.2 Å². The predicted octanol–water partition coefficient (Wildman–Crippen LogP) is 2.16. The zero-order valence-electron chi connectivity index (χ0n) is 8.61. The van der Waals surface area contributed by atoms with Crippen molar-refractivity contribution in [1.82, 2.24) is 0 Å². The molecule has 0 bridgehead atoms. The fraction of sp³-hybridized carbons (Fsp3) is 0.455. The Labute approximate surface area is 83.6 Å². The Morgan fingerprint density at radius 2 is 1.79 bits per heavy atom. The molecular formula is C11H14O3. The normalized spacial score (nSPS) is 24.5. The molecule has 14 heavy (non-hydrogen) atoms. The summed E-state index contributed by atoms with van der Waals surface area (Å²) in [7, 11) is 3.27. The summed E-state index contributed by atoms with van der Waals surface area (Å²) < 4.78 is 15.7. The largest absolute Gasteiger partial charge is 0.493 e. The Balaban J connectivity index is 2.27. The van der Waals surface area contributed by atoms with Crippen LogP contribution in [0.2, 0.25) is 0 Å². The number of hydrogen-bond donors (Lipinski definition) is 0. The standard InChI is InChI=1S/C11H14O3/c1-7-11(14-7)8-4-5-9(12-2)10(6-8)13-3/h4-7,11H,1-3H3/t7-,11-/m0/s1. The first-order chi connectivity index (χ1) is 6.76. The van der Waals surface area contributed by atoms with E-state index in [-0.39, 0.29) is 6.10 Å². The molecule has 0 saturated carbocycles. The van der Waals surface area contributed by atoms with Crippen molar-refractivity contribution in [2.45, 2.75) is 19.1 Å². The second-order valence-electron chi connectivity index (χ2n) is 3.38. The van der Waals surface area contributed by atoms with E-state index in [9.17, 15) is 0 Å². The zero-order valence-corrected chi connectivity index (χ0v) is 8.61. The topological polar surface area (TPSA) is 31.0 Å². The summed E-state index contributed by atoms with van der Waals surface area (Å²) in [6, 6.07) is 5.88. The SMILES string of the molecule is COc1ccc([C@H]2O[C@H]2C)cc1OC. The lowest BCUT2D eigenvalue weighted by Gasteiger charge is -2.08. The van der Waals surface area contributed by atoms with Gasteiger partial charge in [-0.25, -0.2) is 0 Å². The van der Waals surface area contributed by atoms with E-state index in [4.69, 9.17) is 14.2 Å². The van der Waals surface area contributed by atoms with Crippen molar-refractivity contribution in [3.05, 3.63) is 23.8 Å². The van der Waals surface area contributed by atoms with Gasteiger partial charge in [0.2, 0.25) is 0 Å². The highest BCUT2D eigenvalue weighted by atomic mass is 16.6. The van der Waals surface area contributed by atoms with E-state index in [1.54, 1.807) is 14.2 Å². The fourth-order valence-corrected chi connectivity index (χ4v) is 1.57. The third kappa shape index (κ3) is 1.55. The van der Waals surface area contributed by atoms with Gasteiger partial charge in [-0.1, -0.05) is 6.07 Å². The Kier molecular flexibility index (Phi) is 2.33. The minimum Gasteiger partial charge on any atom is -0.493 e. The van der Waals surface area contributed by atoms with Crippen LogP contribution in [0.25, 0.3) is 0 Å². The molecule has 1 aromatic rings. The zero-order chi connectivity index (χ0) is 10.1. The van der Waals surface area contributed by atoms with Gasteiger partial charge in [0.25, 0.3) is 0 Å². The Bertz CT molecular complexity index is 335. The van der Waals surface area contributed by atoms with Crippen molar-refractivity contribution >= 4 is 0 Å². The van der Waals surface area contributed by atoms with Crippen molar-refractivity contribution in [3.63, 3.8) is 0 Å². The molecule has 0 spiro atoms. The average molecular weight is 194 g/mol. The van der Waals surface area contributed by atoms with Crippen LogP contribution in [-0.2, 0) is 4.74 Å². The minimum atomic E-state index is 0.231. The first-order valence-electron chi connectivity index (χ1n) is 4.63. The molecular weight excluding hydrogens is 180 g/mol. The molecule has 1 heterocycles. The van der Waals surface area contributed by atoms with Crippen LogP contribution in [-0.4, -0.2) is 20.3 Å². The quantitative estimate of drug-likeness (QED) is 0.691. The highest BCUT2D eigenvalue weighted by Gasteiger charge is 2.36. The Hall–Kier alpha value is -1.22. The van der Waals surface area contributed by atoms with E-state index in [0.29, 0.717) is 6.10 Å². The number of rotatable bonds is 3. The van der Waals surface area contributed by atoms with Crippen LogP contribution in [0.5, 0.6) is 11.5 Å². The molecule has 0 unspecified atom stereocenters. The van der Waals surface area contributed by atoms with Gasteiger partial charge in [-0.15, -0.1) is 0 Å². The third-order valence-corrected chi connectivity index (χ3v) is 2.45. The molecule has 3 heteroatoms. The maximum absolute atomic E-state index is 5.38. The van der Waals surface area contributed by atoms with Gasteiger partial charge in [0.05, 0.1) is 20.3 Å². The van der Waals surface area contributed by atoms with E-state index in [1.165, 1.54) is 0 Å². The maximum atomic E-state index is 5.38. The lowest BCUT2D eigenvalue weighted by atomic mass is 10.1. The van der Waals surface area contributed by atoms with Crippen LogP contribution >= 0.6 is 0 Å². The summed E-state index contributed by atoms with van der Waals surface area (Å²) in [5.74, 6) is 1.51. The van der Waals surface area contributed by atoms with Crippen LogP contribution in [0, 0.1) is 0 Å². The van der Waals surface area contributed by atoms with Crippen LogP contribution in [0.3, 0.4) is 0 Å². The van der Waals surface area contributed by atoms with Gasteiger partial charge >= 0.3 is 0 Å². The van der Waals surface area contributed by atoms with Crippen LogP contribution < -0.4 is 9.47 Å². The van der Waals surface area contributed by atoms with Crippen LogP contribution in [0.1, 0.15) is 18.6 Å². The van der Waals surface area contributed by atoms with Crippen molar-refractivity contribution in [2.24, 2.45) is 0 Å². The summed E-state index contributed by atoms with van der Waals surface area (Å²) in [6.07, 6.45) is 0.558. The second-order valence-corrected chi connectivity index (χ2v) is 3.38. The first-order valence-corrected chi connectivity index (χ1v) is 4.63. The molecule has 0 aliphatic carbocycles. The minimum absolute atomic E-state index is 0.231. The Morgan fingerprint density at radius 1 is 1.14 bits per heavy atom. The molecule has 76 valence electrons. The predicted molar refractivity (Wildman–Crippen MR) is 52.8 cm³/mol. The number of hydrogen-bond acceptors (Lipinski definition) is 3. The van der Waals surface area contributed by atoms with Gasteiger partial charge in [-0.05, 0) is 24.6 Å². The van der Waals surface area contributed by atoms with Gasteiger partial charge in [0, 0.05) is 0 Å². The molecule has 0 radical (unpaired) electrons. The lowest BCUT2D eigenvalue weighted by Crippen LogP contribution is -1.92. The van der Waals surface area contributed by atoms with Crippen LogP contribution in [0.15, 0.2) is 18.2 Å². The highest BCUT2D eigenvalue weighted by molar-refractivity contribution is 5.44. The number of ether oxygens (including phenoxy) is 3. The molecule has 2 atom stereocenters. The van der Waals surface area contributed by atoms with Gasteiger partial charge in [-0.3, -0.25) is 0 Å². The van der Waals surface area contributed by atoms with Crippen LogP contribution in [0.4, 0.5) is 0 Å². The molecule has 1 fully saturated rings. The monoisotopic (exact) mass is 194 g/mol. The average Bonchev–Trinajstić information content (AvgIpc) is 2.94. The van der Waals surface area contributed by atoms with Crippen molar-refractivity contribution < 1.29 is 14.2 Å². The van der Waals surface area contributed by atoms with Gasteiger partial charge in [0.15, 0.2) is 11.5 Å². The molecule has 1 aliphatic rings. The third-order valence-electron chi connectivity index (χ3n) is 2.45. The van der Waals surface area contributed by atoms with Gasteiger partial charge in [-0.2, -0.15) is 0 Å². The summed E-state index contributed by atoms with van der Waals surface area (Å²) in [5, 5.41) is 0. The summed E-state index contributed by atoms with van der Waals surface area (Å²) in [4.78, 5) is 0. The van der Waals surface area contributed by atoms with E-state index in [0.717, 1.165) is 17.1 Å². The molecule has 1 aliphatic heterocycles. The van der Waals surface area contributed by atoms with E-state index >= 15 is 0 Å². The number of epoxide rings is 1. The molecule has 1 aromatic carbocycles. The van der Waals surface area contributed by atoms with E-state index in [1.807, 2.05) is 18.2 Å². The number of benzene rings is 1. The highest BCUT2D eigenvalue weighted by Crippen LogP contribution is 2.41. The molecule has 2 rings (SSSR count). The smallest absolute Gasteiger partial charge is 0.161 e. The molecule has 1 saturated heterocycles. The second kappa shape index (κ2) is 3.50. The fourth-order valence-electron chi connectivity index (χ4n) is 1.57. The molecule has 3 nitrogen and oxygen atoms in total. The molecule has 0 amide bonds. The molecule has 0 aromatic heterocycles. The lowest BCUT2D eigenvalue weighted by molar-refractivity contribution is 0.352. The number of methoxy groups -OCH3 is 2. The summed E-state index contributed by atoms with van der Waals surface area (Å²) in [6.45, 7) is 2.06. The molecule has 0 N–H and O–H groups in total.